The maximum absolute atomic E-state index is 12.7. The van der Waals surface area contributed by atoms with Crippen molar-refractivity contribution in [2.45, 2.75) is 0 Å². The maximum atomic E-state index is 12.7. The van der Waals surface area contributed by atoms with Crippen LogP contribution in [0.5, 0.6) is 23.1 Å². The van der Waals surface area contributed by atoms with Crippen LogP contribution in [0.25, 0.3) is 11.3 Å². The number of aromatic nitrogens is 2. The molecule has 0 unspecified atom stereocenters. The second kappa shape index (κ2) is 9.61. The summed E-state index contributed by atoms with van der Waals surface area (Å²) in [6.45, 7) is 0. The highest BCUT2D eigenvalue weighted by atomic mass is 16.5. The Hall–Kier alpha value is -4.39. The third-order valence-corrected chi connectivity index (χ3v) is 4.67. The van der Waals surface area contributed by atoms with Crippen molar-refractivity contribution in [3.63, 3.8) is 0 Å². The number of anilines is 1. The van der Waals surface area contributed by atoms with Gasteiger partial charge < -0.3 is 19.5 Å². The third kappa shape index (κ3) is 4.84. The summed E-state index contributed by atoms with van der Waals surface area (Å²) in [4.78, 5) is 21.2. The summed E-state index contributed by atoms with van der Waals surface area (Å²) in [7, 11) is 3.10. The van der Waals surface area contributed by atoms with Crippen LogP contribution in [0.1, 0.15) is 10.4 Å². The van der Waals surface area contributed by atoms with E-state index in [2.05, 4.69) is 15.3 Å². The van der Waals surface area contributed by atoms with Crippen LogP contribution >= 0.6 is 0 Å². The Labute approximate surface area is 185 Å². The van der Waals surface area contributed by atoms with Crippen LogP contribution in [0.3, 0.4) is 0 Å². The predicted octanol–water partition coefficient (Wildman–Crippen LogP) is 5.21. The first kappa shape index (κ1) is 20.9. The summed E-state index contributed by atoms with van der Waals surface area (Å²) in [6.07, 6.45) is 1.45. The molecular weight excluding hydrogens is 406 g/mol. The van der Waals surface area contributed by atoms with Gasteiger partial charge in [0.15, 0.2) is 11.5 Å². The molecule has 0 saturated heterocycles. The fraction of sp³-hybridized carbons (Fsp3) is 0.0800. The van der Waals surface area contributed by atoms with Gasteiger partial charge in [0.1, 0.15) is 12.1 Å². The molecule has 4 rings (SSSR count). The number of hydrogen-bond acceptors (Lipinski definition) is 6. The van der Waals surface area contributed by atoms with Gasteiger partial charge in [-0.3, -0.25) is 4.79 Å². The van der Waals surface area contributed by atoms with Crippen LogP contribution < -0.4 is 19.5 Å². The fourth-order valence-electron chi connectivity index (χ4n) is 3.10. The molecule has 0 aliphatic carbocycles. The number of amides is 1. The Morgan fingerprint density at radius 1 is 0.812 bits per heavy atom. The van der Waals surface area contributed by atoms with E-state index < -0.39 is 0 Å². The summed E-state index contributed by atoms with van der Waals surface area (Å²) in [5, 5.41) is 2.85. The van der Waals surface area contributed by atoms with Crippen molar-refractivity contribution >= 4 is 11.6 Å². The number of carbonyl (C=O) groups is 1. The lowest BCUT2D eigenvalue weighted by Crippen LogP contribution is -2.12. The second-order valence-electron chi connectivity index (χ2n) is 6.76. The van der Waals surface area contributed by atoms with E-state index in [0.29, 0.717) is 34.4 Å². The normalized spacial score (nSPS) is 10.3. The minimum atomic E-state index is -0.282. The Bertz CT molecular complexity index is 1230. The molecule has 0 radical (unpaired) electrons. The van der Waals surface area contributed by atoms with Crippen molar-refractivity contribution in [1.29, 1.82) is 0 Å². The van der Waals surface area contributed by atoms with Crippen LogP contribution in [-0.2, 0) is 0 Å². The van der Waals surface area contributed by atoms with Crippen LogP contribution in [-0.4, -0.2) is 30.1 Å². The van der Waals surface area contributed by atoms with E-state index in [1.165, 1.54) is 6.33 Å². The molecule has 32 heavy (non-hydrogen) atoms. The van der Waals surface area contributed by atoms with E-state index in [4.69, 9.17) is 14.2 Å². The zero-order chi connectivity index (χ0) is 22.3. The van der Waals surface area contributed by atoms with Crippen LogP contribution in [0.2, 0.25) is 0 Å². The van der Waals surface area contributed by atoms with E-state index in [-0.39, 0.29) is 5.91 Å². The zero-order valence-electron chi connectivity index (χ0n) is 17.6. The lowest BCUT2D eigenvalue weighted by atomic mass is 10.1. The molecule has 160 valence electrons. The monoisotopic (exact) mass is 427 g/mol. The molecule has 7 nitrogen and oxygen atoms in total. The molecule has 0 saturated carbocycles. The topological polar surface area (TPSA) is 82.6 Å². The summed E-state index contributed by atoms with van der Waals surface area (Å²) in [5.74, 6) is 1.70. The summed E-state index contributed by atoms with van der Waals surface area (Å²) in [5.41, 5.74) is 2.73. The molecule has 0 aliphatic rings. The van der Waals surface area contributed by atoms with Gasteiger partial charge in [0.2, 0.25) is 5.88 Å². The van der Waals surface area contributed by atoms with Gasteiger partial charge in [-0.25, -0.2) is 9.97 Å². The van der Waals surface area contributed by atoms with Crippen molar-refractivity contribution in [1.82, 2.24) is 9.97 Å². The van der Waals surface area contributed by atoms with Crippen molar-refractivity contribution in [2.24, 2.45) is 0 Å². The highest BCUT2D eigenvalue weighted by Gasteiger charge is 2.11. The Balaban J connectivity index is 1.50. The number of benzene rings is 3. The van der Waals surface area contributed by atoms with Gasteiger partial charge in [0.05, 0.1) is 19.9 Å². The van der Waals surface area contributed by atoms with E-state index in [0.717, 1.165) is 11.3 Å². The number of ether oxygens (including phenoxy) is 3. The number of carbonyl (C=O) groups excluding carboxylic acids is 1. The maximum Gasteiger partial charge on any atom is 0.255 e. The van der Waals surface area contributed by atoms with Crippen LogP contribution in [0.15, 0.2) is 85.2 Å². The van der Waals surface area contributed by atoms with Gasteiger partial charge in [-0.2, -0.15) is 0 Å². The van der Waals surface area contributed by atoms with Gasteiger partial charge >= 0.3 is 0 Å². The molecule has 1 amide bonds. The molecule has 1 heterocycles. The first-order valence-corrected chi connectivity index (χ1v) is 9.85. The molecule has 1 N–H and O–H groups in total. The average Bonchev–Trinajstić information content (AvgIpc) is 2.85. The van der Waals surface area contributed by atoms with Crippen LogP contribution in [0.4, 0.5) is 5.69 Å². The van der Waals surface area contributed by atoms with Crippen molar-refractivity contribution < 1.29 is 19.0 Å². The average molecular weight is 427 g/mol. The molecule has 0 bridgehead atoms. The minimum Gasteiger partial charge on any atom is -0.493 e. The molecule has 1 aromatic heterocycles. The number of nitrogens with zero attached hydrogens (tertiary/aromatic N) is 2. The molecule has 0 spiro atoms. The molecule has 0 fully saturated rings. The summed E-state index contributed by atoms with van der Waals surface area (Å²) >= 11 is 0. The first-order chi connectivity index (χ1) is 15.7. The molecule has 3 aromatic carbocycles. The van der Waals surface area contributed by atoms with E-state index in [1.807, 2.05) is 30.3 Å². The minimum absolute atomic E-state index is 0.282. The van der Waals surface area contributed by atoms with Gasteiger partial charge in [0.25, 0.3) is 5.91 Å². The number of rotatable bonds is 7. The third-order valence-electron chi connectivity index (χ3n) is 4.67. The number of methoxy groups -OCH3 is 2. The predicted molar refractivity (Wildman–Crippen MR) is 121 cm³/mol. The summed E-state index contributed by atoms with van der Waals surface area (Å²) in [6, 6.07) is 23.6. The molecule has 0 aliphatic heterocycles. The number of nitrogens with one attached hydrogen (secondary N) is 1. The molecule has 4 aromatic rings. The fourth-order valence-corrected chi connectivity index (χ4v) is 3.10. The lowest BCUT2D eigenvalue weighted by Gasteiger charge is -2.11. The largest absolute Gasteiger partial charge is 0.493 e. The highest BCUT2D eigenvalue weighted by molar-refractivity contribution is 6.04. The van der Waals surface area contributed by atoms with Gasteiger partial charge in [0, 0.05) is 28.9 Å². The Morgan fingerprint density at radius 2 is 1.62 bits per heavy atom. The quantitative estimate of drug-likeness (QED) is 0.436. The van der Waals surface area contributed by atoms with Gasteiger partial charge in [-0.05, 0) is 30.3 Å². The first-order valence-electron chi connectivity index (χ1n) is 9.85. The zero-order valence-corrected chi connectivity index (χ0v) is 17.6. The van der Waals surface area contributed by atoms with Gasteiger partial charge in [-0.1, -0.05) is 36.4 Å². The van der Waals surface area contributed by atoms with E-state index in [1.54, 1.807) is 62.8 Å². The standard InChI is InChI=1S/C25H21N3O4/c1-30-22-12-11-19(14-23(22)31-2)28-25(29)18-9-6-10-20(13-18)32-24-15-21(26-16-27-24)17-7-4-3-5-8-17/h3-16H,1-2H3,(H,28,29). The summed E-state index contributed by atoms with van der Waals surface area (Å²) < 4.78 is 16.4. The highest BCUT2D eigenvalue weighted by Crippen LogP contribution is 2.30. The van der Waals surface area contributed by atoms with Crippen molar-refractivity contribution in [2.75, 3.05) is 19.5 Å². The Kier molecular flexibility index (Phi) is 6.27. The van der Waals surface area contributed by atoms with Crippen molar-refractivity contribution in [3.8, 4) is 34.4 Å². The van der Waals surface area contributed by atoms with E-state index >= 15 is 0 Å². The lowest BCUT2D eigenvalue weighted by molar-refractivity contribution is 0.102. The molecular formula is C25H21N3O4. The van der Waals surface area contributed by atoms with E-state index in [9.17, 15) is 4.79 Å². The Morgan fingerprint density at radius 3 is 2.41 bits per heavy atom. The van der Waals surface area contributed by atoms with Crippen molar-refractivity contribution in [3.05, 3.63) is 90.8 Å². The number of hydrogen-bond donors (Lipinski definition) is 1. The molecule has 7 heteroatoms. The SMILES string of the molecule is COc1ccc(NC(=O)c2cccc(Oc3cc(-c4ccccc4)ncn3)c2)cc1OC. The smallest absolute Gasteiger partial charge is 0.255 e. The van der Waals surface area contributed by atoms with Gasteiger partial charge in [-0.15, -0.1) is 0 Å². The van der Waals surface area contributed by atoms with Crippen LogP contribution in [0, 0.1) is 0 Å². The second-order valence-corrected chi connectivity index (χ2v) is 6.76. The molecule has 0 atom stereocenters.